The van der Waals surface area contributed by atoms with Gasteiger partial charge in [-0.15, -0.1) is 11.3 Å². The molecule has 5 nitrogen and oxygen atoms in total. The number of fused-ring (bicyclic) bond motifs is 1. The van der Waals surface area contributed by atoms with E-state index >= 15 is 4.39 Å². The molecule has 2 rings (SSSR count). The molecular formula is C19H22BrFO5S. The molecule has 1 heterocycles. The number of carbonyl (C=O) groups is 2. The lowest BCUT2D eigenvalue weighted by Gasteiger charge is -2.22. The Morgan fingerprint density at radius 3 is 2.59 bits per heavy atom. The number of carboxylic acid groups (broad SMARTS) is 1. The third-order valence-electron chi connectivity index (χ3n) is 4.06. The number of thiophene rings is 1. The highest BCUT2D eigenvalue weighted by Gasteiger charge is 2.24. The number of hydrogen-bond donors (Lipinski definition) is 1. The number of alkyl halides is 1. The summed E-state index contributed by atoms with van der Waals surface area (Å²) in [5, 5.41) is 9.91. The Hall–Kier alpha value is -1.67. The zero-order chi connectivity index (χ0) is 20.4. The molecule has 0 saturated carbocycles. The Balaban J connectivity index is 2.39. The van der Waals surface area contributed by atoms with E-state index in [4.69, 9.17) is 14.6 Å². The molecule has 1 aromatic heterocycles. The van der Waals surface area contributed by atoms with Crippen molar-refractivity contribution in [3.05, 3.63) is 22.8 Å². The van der Waals surface area contributed by atoms with Crippen molar-refractivity contribution in [3.8, 4) is 11.5 Å². The van der Waals surface area contributed by atoms with Crippen molar-refractivity contribution in [1.82, 2.24) is 0 Å². The van der Waals surface area contributed by atoms with Crippen LogP contribution in [0.15, 0.2) is 12.1 Å². The van der Waals surface area contributed by atoms with E-state index < -0.39 is 17.7 Å². The van der Waals surface area contributed by atoms with Crippen LogP contribution in [0.5, 0.6) is 11.5 Å². The molecule has 0 aliphatic rings. The highest BCUT2D eigenvalue weighted by Crippen LogP contribution is 2.41. The molecule has 27 heavy (non-hydrogen) atoms. The Morgan fingerprint density at radius 1 is 1.37 bits per heavy atom. The number of carboxylic acids is 1. The second kappa shape index (κ2) is 8.56. The van der Waals surface area contributed by atoms with E-state index in [1.807, 2.05) is 13.8 Å². The molecule has 0 radical (unpaired) electrons. The van der Waals surface area contributed by atoms with Crippen LogP contribution in [0.1, 0.15) is 36.9 Å². The summed E-state index contributed by atoms with van der Waals surface area (Å²) in [6.45, 7) is 5.71. The number of hydrogen-bond acceptors (Lipinski definition) is 5. The average molecular weight is 461 g/mol. The summed E-state index contributed by atoms with van der Waals surface area (Å²) < 4.78 is 26.6. The lowest BCUT2D eigenvalue weighted by atomic mass is 9.98. The smallest absolute Gasteiger partial charge is 0.306 e. The maximum atomic E-state index is 15.0. The van der Waals surface area contributed by atoms with Crippen LogP contribution < -0.4 is 9.47 Å². The molecule has 148 valence electrons. The Labute approximate surface area is 169 Å². The SMILES string of the molecule is COc1cc2sc(C(=O)C[C@H](C)C(=O)O)cc2c(F)c1OCC(C)(C)CBr. The Morgan fingerprint density at radius 2 is 2.04 bits per heavy atom. The molecule has 0 bridgehead atoms. The number of aliphatic carboxylic acids is 1. The molecule has 0 unspecified atom stereocenters. The van der Waals surface area contributed by atoms with Gasteiger partial charge >= 0.3 is 5.97 Å². The van der Waals surface area contributed by atoms with E-state index in [0.717, 1.165) is 11.3 Å². The average Bonchev–Trinajstić information content (AvgIpc) is 3.05. The third kappa shape index (κ3) is 4.99. The Bertz CT molecular complexity index is 861. The second-order valence-corrected chi connectivity index (χ2v) is 8.84. The van der Waals surface area contributed by atoms with Crippen LogP contribution in [-0.2, 0) is 4.79 Å². The van der Waals surface area contributed by atoms with Crippen LogP contribution in [0, 0.1) is 17.2 Å². The van der Waals surface area contributed by atoms with Gasteiger partial charge in [0, 0.05) is 33.3 Å². The highest BCUT2D eigenvalue weighted by molar-refractivity contribution is 9.09. The molecule has 0 amide bonds. The van der Waals surface area contributed by atoms with Gasteiger partial charge in [0.2, 0.25) is 0 Å². The number of ether oxygens (including phenoxy) is 2. The number of methoxy groups -OCH3 is 1. The molecule has 0 saturated heterocycles. The normalized spacial score (nSPS) is 12.8. The number of carbonyl (C=O) groups excluding carboxylic acids is 1. The Kier molecular flexibility index (Phi) is 6.86. The second-order valence-electron chi connectivity index (χ2n) is 7.20. The molecule has 2 aromatic rings. The summed E-state index contributed by atoms with van der Waals surface area (Å²) in [5.74, 6) is -2.49. The molecule has 1 atom stereocenters. The summed E-state index contributed by atoms with van der Waals surface area (Å²) in [6.07, 6.45) is -0.135. The van der Waals surface area contributed by atoms with Gasteiger partial charge in [0.1, 0.15) is 0 Å². The lowest BCUT2D eigenvalue weighted by Crippen LogP contribution is -2.23. The molecule has 1 aromatic carbocycles. The fourth-order valence-corrected chi connectivity index (χ4v) is 3.49. The monoisotopic (exact) mass is 460 g/mol. The van der Waals surface area contributed by atoms with Gasteiger partial charge in [-0.25, -0.2) is 4.39 Å². The van der Waals surface area contributed by atoms with E-state index in [9.17, 15) is 9.59 Å². The number of ketones is 1. The number of rotatable bonds is 9. The first kappa shape index (κ1) is 21.6. The van der Waals surface area contributed by atoms with Crippen LogP contribution in [0.4, 0.5) is 4.39 Å². The lowest BCUT2D eigenvalue weighted by molar-refractivity contribution is -0.141. The summed E-state index contributed by atoms with van der Waals surface area (Å²) in [7, 11) is 1.43. The van der Waals surface area contributed by atoms with Crippen LogP contribution in [0.25, 0.3) is 10.1 Å². The maximum absolute atomic E-state index is 15.0. The van der Waals surface area contributed by atoms with Gasteiger partial charge < -0.3 is 14.6 Å². The van der Waals surface area contributed by atoms with Gasteiger partial charge in [-0.05, 0) is 6.07 Å². The highest BCUT2D eigenvalue weighted by atomic mass is 79.9. The van der Waals surface area contributed by atoms with Crippen molar-refractivity contribution in [2.75, 3.05) is 19.0 Å². The van der Waals surface area contributed by atoms with E-state index in [2.05, 4.69) is 15.9 Å². The molecule has 8 heteroatoms. The van der Waals surface area contributed by atoms with E-state index in [1.165, 1.54) is 20.1 Å². The summed E-state index contributed by atoms with van der Waals surface area (Å²) in [4.78, 5) is 23.6. The van der Waals surface area contributed by atoms with Gasteiger partial charge in [-0.1, -0.05) is 36.7 Å². The van der Waals surface area contributed by atoms with Gasteiger partial charge in [0.05, 0.1) is 24.5 Å². The first-order chi connectivity index (χ1) is 12.6. The van der Waals surface area contributed by atoms with Crippen molar-refractivity contribution in [3.63, 3.8) is 0 Å². The first-order valence-corrected chi connectivity index (χ1v) is 10.3. The standard InChI is InChI=1S/C19H22BrFO5S/c1-10(18(23)24)5-12(22)15-6-11-14(27-15)7-13(25-4)17(16(11)21)26-9-19(2,3)8-20/h6-7,10H,5,8-9H2,1-4H3,(H,23,24)/t10-/m0/s1. The van der Waals surface area contributed by atoms with E-state index in [1.54, 1.807) is 6.07 Å². The molecular weight excluding hydrogens is 439 g/mol. The van der Waals surface area contributed by atoms with Crippen molar-refractivity contribution in [2.45, 2.75) is 27.2 Å². The van der Waals surface area contributed by atoms with Crippen LogP contribution >= 0.6 is 27.3 Å². The molecule has 0 fully saturated rings. The van der Waals surface area contributed by atoms with Gasteiger partial charge in [0.15, 0.2) is 23.1 Å². The van der Waals surface area contributed by atoms with Crippen LogP contribution in [0.2, 0.25) is 0 Å². The van der Waals surface area contributed by atoms with Crippen molar-refractivity contribution in [1.29, 1.82) is 0 Å². The van der Waals surface area contributed by atoms with Crippen molar-refractivity contribution >= 4 is 49.1 Å². The molecule has 0 aliphatic heterocycles. The van der Waals surface area contributed by atoms with Gasteiger partial charge in [0.25, 0.3) is 0 Å². The minimum absolute atomic E-state index is 0.00901. The number of Topliss-reactive ketones (excluding diaryl/α,β-unsaturated/α-hetero) is 1. The number of halogens is 2. The third-order valence-corrected chi connectivity index (χ3v) is 6.70. The van der Waals surface area contributed by atoms with E-state index in [0.29, 0.717) is 14.9 Å². The minimum atomic E-state index is -1.04. The van der Waals surface area contributed by atoms with E-state index in [-0.39, 0.29) is 41.1 Å². The molecule has 1 N–H and O–H groups in total. The quantitative estimate of drug-likeness (QED) is 0.414. The summed E-state index contributed by atoms with van der Waals surface area (Å²) in [5.41, 5.74) is -0.199. The van der Waals surface area contributed by atoms with Crippen LogP contribution in [-0.4, -0.2) is 35.9 Å². The largest absolute Gasteiger partial charge is 0.493 e. The topological polar surface area (TPSA) is 72.8 Å². The zero-order valence-electron chi connectivity index (χ0n) is 15.6. The predicted molar refractivity (Wildman–Crippen MR) is 107 cm³/mol. The van der Waals surface area contributed by atoms with Crippen LogP contribution in [0.3, 0.4) is 0 Å². The molecule has 0 aliphatic carbocycles. The van der Waals surface area contributed by atoms with Crippen molar-refractivity contribution < 1.29 is 28.6 Å². The molecule has 0 spiro atoms. The first-order valence-electron chi connectivity index (χ1n) is 8.34. The fourth-order valence-electron chi connectivity index (χ4n) is 2.29. The predicted octanol–water partition coefficient (Wildman–Crippen LogP) is 5.14. The minimum Gasteiger partial charge on any atom is -0.493 e. The van der Waals surface area contributed by atoms with Crippen molar-refractivity contribution in [2.24, 2.45) is 11.3 Å². The zero-order valence-corrected chi connectivity index (χ0v) is 18.0. The fraction of sp³-hybridized carbons (Fsp3) is 0.474. The maximum Gasteiger partial charge on any atom is 0.306 e. The van der Waals surface area contributed by atoms with Gasteiger partial charge in [-0.2, -0.15) is 0 Å². The summed E-state index contributed by atoms with van der Waals surface area (Å²) >= 11 is 4.52. The number of benzene rings is 1. The summed E-state index contributed by atoms with van der Waals surface area (Å²) in [6, 6.07) is 3.09. The van der Waals surface area contributed by atoms with Gasteiger partial charge in [-0.3, -0.25) is 9.59 Å².